The van der Waals surface area contributed by atoms with Crippen molar-refractivity contribution in [1.29, 1.82) is 0 Å². The van der Waals surface area contributed by atoms with Crippen molar-refractivity contribution < 1.29 is 9.47 Å². The number of benzene rings is 1. The van der Waals surface area contributed by atoms with E-state index in [-0.39, 0.29) is 6.10 Å². The molecule has 3 nitrogen and oxygen atoms in total. The minimum atomic E-state index is 0.171. The molecule has 1 aliphatic rings. The van der Waals surface area contributed by atoms with Crippen LogP contribution in [-0.2, 0) is 4.74 Å². The van der Waals surface area contributed by atoms with Gasteiger partial charge in [-0.2, -0.15) is 0 Å². The van der Waals surface area contributed by atoms with Crippen molar-refractivity contribution in [3.63, 3.8) is 0 Å². The summed E-state index contributed by atoms with van der Waals surface area (Å²) in [4.78, 5) is 0. The monoisotopic (exact) mass is 241 g/mol. The first-order valence-electron chi connectivity index (χ1n) is 5.56. The second-order valence-electron chi connectivity index (χ2n) is 3.96. The lowest BCUT2D eigenvalue weighted by atomic mass is 10.1. The van der Waals surface area contributed by atoms with Crippen LogP contribution < -0.4 is 10.5 Å². The summed E-state index contributed by atoms with van der Waals surface area (Å²) in [6, 6.07) is 5.36. The van der Waals surface area contributed by atoms with E-state index in [1.807, 2.05) is 6.07 Å². The van der Waals surface area contributed by atoms with Crippen LogP contribution in [0.4, 0.5) is 5.69 Å². The molecule has 1 heterocycles. The van der Waals surface area contributed by atoms with Crippen molar-refractivity contribution in [3.8, 4) is 5.75 Å². The number of hydrogen-bond donors (Lipinski definition) is 1. The van der Waals surface area contributed by atoms with E-state index < -0.39 is 0 Å². The molecule has 0 aliphatic carbocycles. The molecule has 0 saturated carbocycles. The Hall–Kier alpha value is -0.930. The highest BCUT2D eigenvalue weighted by molar-refractivity contribution is 6.32. The highest BCUT2D eigenvalue weighted by Gasteiger charge is 2.15. The van der Waals surface area contributed by atoms with Gasteiger partial charge in [-0.25, -0.2) is 0 Å². The van der Waals surface area contributed by atoms with Gasteiger partial charge in [-0.1, -0.05) is 17.7 Å². The maximum Gasteiger partial charge on any atom is 0.160 e. The zero-order valence-electron chi connectivity index (χ0n) is 9.12. The van der Waals surface area contributed by atoms with E-state index in [4.69, 9.17) is 26.8 Å². The average Bonchev–Trinajstić information content (AvgIpc) is 2.30. The molecule has 0 spiro atoms. The van der Waals surface area contributed by atoms with Crippen molar-refractivity contribution in [2.45, 2.75) is 25.4 Å². The number of ether oxygens (including phenoxy) is 2. The molecule has 1 aliphatic heterocycles. The SMILES string of the molecule is Nc1cccc(Cl)c1OC[C@H]1CCCCO1. The summed E-state index contributed by atoms with van der Waals surface area (Å²) in [5.41, 5.74) is 6.36. The smallest absolute Gasteiger partial charge is 0.160 e. The summed E-state index contributed by atoms with van der Waals surface area (Å²) in [6.45, 7) is 1.35. The zero-order valence-corrected chi connectivity index (χ0v) is 9.87. The van der Waals surface area contributed by atoms with Crippen LogP contribution >= 0.6 is 11.6 Å². The molecule has 0 aromatic heterocycles. The van der Waals surface area contributed by atoms with Gasteiger partial charge in [0.2, 0.25) is 0 Å². The van der Waals surface area contributed by atoms with Gasteiger partial charge < -0.3 is 15.2 Å². The molecule has 2 rings (SSSR count). The molecule has 1 aromatic rings. The molecule has 2 N–H and O–H groups in total. The van der Waals surface area contributed by atoms with Gasteiger partial charge in [0.1, 0.15) is 6.61 Å². The molecule has 0 amide bonds. The molecule has 1 fully saturated rings. The first kappa shape index (κ1) is 11.6. The standard InChI is InChI=1S/C12H16ClNO2/c13-10-5-3-6-11(14)12(10)16-8-9-4-1-2-7-15-9/h3,5-6,9H,1-2,4,7-8,14H2/t9-/m1/s1. The topological polar surface area (TPSA) is 44.5 Å². The predicted octanol–water partition coefficient (Wildman–Crippen LogP) is 2.87. The number of halogens is 1. The van der Waals surface area contributed by atoms with Gasteiger partial charge in [-0.3, -0.25) is 0 Å². The molecule has 1 atom stereocenters. The molecular formula is C12H16ClNO2. The fourth-order valence-corrected chi connectivity index (χ4v) is 2.03. The molecule has 0 unspecified atom stereocenters. The van der Waals surface area contributed by atoms with Crippen LogP contribution in [0.15, 0.2) is 18.2 Å². The quantitative estimate of drug-likeness (QED) is 0.828. The van der Waals surface area contributed by atoms with Gasteiger partial charge in [0.25, 0.3) is 0 Å². The van der Waals surface area contributed by atoms with Crippen LogP contribution in [-0.4, -0.2) is 19.3 Å². The highest BCUT2D eigenvalue weighted by Crippen LogP contribution is 2.31. The lowest BCUT2D eigenvalue weighted by molar-refractivity contribution is -0.0109. The van der Waals surface area contributed by atoms with Gasteiger partial charge in [-0.05, 0) is 31.4 Å². The van der Waals surface area contributed by atoms with Crippen LogP contribution in [0, 0.1) is 0 Å². The van der Waals surface area contributed by atoms with E-state index >= 15 is 0 Å². The summed E-state index contributed by atoms with van der Waals surface area (Å²) in [5.74, 6) is 0.568. The molecule has 0 radical (unpaired) electrons. The Bertz CT molecular complexity index is 331. The normalized spacial score (nSPS) is 20.7. The lowest BCUT2D eigenvalue weighted by Crippen LogP contribution is -2.26. The van der Waals surface area contributed by atoms with Crippen LogP contribution in [0.25, 0.3) is 0 Å². The van der Waals surface area contributed by atoms with Crippen LogP contribution in [0.5, 0.6) is 5.75 Å². The first-order valence-corrected chi connectivity index (χ1v) is 5.93. The first-order chi connectivity index (χ1) is 7.77. The van der Waals surface area contributed by atoms with Gasteiger partial charge in [0.15, 0.2) is 5.75 Å². The maximum absolute atomic E-state index is 6.00. The summed E-state index contributed by atoms with van der Waals surface area (Å²) in [5, 5.41) is 0.552. The third kappa shape index (κ3) is 2.80. The van der Waals surface area contributed by atoms with Crippen LogP contribution in [0.1, 0.15) is 19.3 Å². The van der Waals surface area contributed by atoms with E-state index in [0.29, 0.717) is 23.1 Å². The minimum Gasteiger partial charge on any atom is -0.487 e. The highest BCUT2D eigenvalue weighted by atomic mass is 35.5. The number of para-hydroxylation sites is 1. The van der Waals surface area contributed by atoms with Crippen molar-refractivity contribution in [2.24, 2.45) is 0 Å². The Balaban J connectivity index is 1.93. The number of nitrogens with two attached hydrogens (primary N) is 1. The summed E-state index contributed by atoms with van der Waals surface area (Å²) < 4.78 is 11.2. The van der Waals surface area contributed by atoms with Crippen molar-refractivity contribution in [3.05, 3.63) is 23.2 Å². The van der Waals surface area contributed by atoms with Crippen LogP contribution in [0.3, 0.4) is 0 Å². The minimum absolute atomic E-state index is 0.171. The van der Waals surface area contributed by atoms with Gasteiger partial charge in [0.05, 0.1) is 16.8 Å². The van der Waals surface area contributed by atoms with Gasteiger partial charge >= 0.3 is 0 Å². The van der Waals surface area contributed by atoms with Gasteiger partial charge in [0, 0.05) is 6.61 Å². The predicted molar refractivity (Wildman–Crippen MR) is 65.0 cm³/mol. The third-order valence-electron chi connectivity index (χ3n) is 2.68. The molecule has 88 valence electrons. The van der Waals surface area contributed by atoms with E-state index in [1.54, 1.807) is 12.1 Å². The van der Waals surface area contributed by atoms with Crippen molar-refractivity contribution >= 4 is 17.3 Å². The Morgan fingerprint density at radius 3 is 3.00 bits per heavy atom. The summed E-state index contributed by atoms with van der Waals surface area (Å²) in [7, 11) is 0. The molecule has 0 bridgehead atoms. The fraction of sp³-hybridized carbons (Fsp3) is 0.500. The van der Waals surface area contributed by atoms with Crippen molar-refractivity contribution in [2.75, 3.05) is 18.9 Å². The average molecular weight is 242 g/mol. The Labute approximate surface area is 100 Å². The Kier molecular flexibility index (Phi) is 3.91. The fourth-order valence-electron chi connectivity index (χ4n) is 1.79. The number of rotatable bonds is 3. The van der Waals surface area contributed by atoms with Gasteiger partial charge in [-0.15, -0.1) is 0 Å². The largest absolute Gasteiger partial charge is 0.487 e. The van der Waals surface area contributed by atoms with Crippen LogP contribution in [0.2, 0.25) is 5.02 Å². The Morgan fingerprint density at radius 1 is 1.44 bits per heavy atom. The second-order valence-corrected chi connectivity index (χ2v) is 4.36. The summed E-state index contributed by atoms with van der Waals surface area (Å²) >= 11 is 6.00. The zero-order chi connectivity index (χ0) is 11.4. The third-order valence-corrected chi connectivity index (χ3v) is 2.98. The Morgan fingerprint density at radius 2 is 2.31 bits per heavy atom. The molecule has 1 aromatic carbocycles. The summed E-state index contributed by atoms with van der Waals surface area (Å²) in [6.07, 6.45) is 3.56. The number of nitrogen functional groups attached to an aromatic ring is 1. The molecule has 4 heteroatoms. The van der Waals surface area contributed by atoms with E-state index in [2.05, 4.69) is 0 Å². The number of anilines is 1. The molecular weight excluding hydrogens is 226 g/mol. The van der Waals surface area contributed by atoms with E-state index in [0.717, 1.165) is 19.4 Å². The van der Waals surface area contributed by atoms with E-state index in [1.165, 1.54) is 6.42 Å². The maximum atomic E-state index is 6.00. The molecule has 16 heavy (non-hydrogen) atoms. The van der Waals surface area contributed by atoms with Crippen molar-refractivity contribution in [1.82, 2.24) is 0 Å². The number of hydrogen-bond acceptors (Lipinski definition) is 3. The van der Waals surface area contributed by atoms with E-state index in [9.17, 15) is 0 Å². The molecule has 1 saturated heterocycles. The second kappa shape index (κ2) is 5.41. The lowest BCUT2D eigenvalue weighted by Gasteiger charge is -2.23.